The minimum atomic E-state index is 0.676. The van der Waals surface area contributed by atoms with Crippen molar-refractivity contribution in [3.8, 4) is 0 Å². The number of aryl methyl sites for hydroxylation is 1. The lowest BCUT2D eigenvalue weighted by molar-refractivity contribution is 0.401. The highest BCUT2D eigenvalue weighted by atomic mass is 32.1. The predicted molar refractivity (Wildman–Crippen MR) is 53.4 cm³/mol. The van der Waals surface area contributed by atoms with E-state index in [1.165, 1.54) is 11.3 Å². The predicted octanol–water partition coefficient (Wildman–Crippen LogP) is 1.22. The molecule has 0 aliphatic heterocycles. The number of nitrogens with two attached hydrogens (primary N) is 1. The average Bonchev–Trinajstić information content (AvgIpc) is 2.35. The van der Waals surface area contributed by atoms with Crippen LogP contribution < -0.4 is 5.73 Å². The number of hydrogen-bond acceptors (Lipinski definition) is 4. The lowest BCUT2D eigenvalue weighted by Gasteiger charge is -2.07. The van der Waals surface area contributed by atoms with Crippen molar-refractivity contribution in [2.24, 2.45) is 0 Å². The first-order valence-electron chi connectivity index (χ1n) is 4.03. The second-order valence-corrected chi connectivity index (χ2v) is 4.22. The minimum absolute atomic E-state index is 0.676. The summed E-state index contributed by atoms with van der Waals surface area (Å²) in [4.78, 5) is 7.47. The van der Waals surface area contributed by atoms with Gasteiger partial charge in [-0.3, -0.25) is 0 Å². The first kappa shape index (κ1) is 9.48. The van der Waals surface area contributed by atoms with Crippen molar-refractivity contribution in [1.29, 1.82) is 0 Å². The SMILES string of the molecule is CN(C)CCCc1cnc(N)s1. The molecule has 0 atom stereocenters. The highest BCUT2D eigenvalue weighted by molar-refractivity contribution is 7.15. The molecule has 0 saturated heterocycles. The molecule has 1 rings (SSSR count). The maximum Gasteiger partial charge on any atom is 0.180 e. The summed E-state index contributed by atoms with van der Waals surface area (Å²) in [7, 11) is 4.17. The van der Waals surface area contributed by atoms with Gasteiger partial charge >= 0.3 is 0 Å². The molecule has 4 heteroatoms. The van der Waals surface area contributed by atoms with E-state index in [9.17, 15) is 0 Å². The van der Waals surface area contributed by atoms with Crippen molar-refractivity contribution in [2.75, 3.05) is 26.4 Å². The van der Waals surface area contributed by atoms with Gasteiger partial charge in [-0.05, 0) is 33.5 Å². The summed E-state index contributed by atoms with van der Waals surface area (Å²) in [6.07, 6.45) is 4.14. The smallest absolute Gasteiger partial charge is 0.180 e. The third kappa shape index (κ3) is 3.19. The number of rotatable bonds is 4. The molecule has 1 aromatic rings. The summed E-state index contributed by atoms with van der Waals surface area (Å²) in [6.45, 7) is 1.12. The zero-order chi connectivity index (χ0) is 8.97. The number of hydrogen-bond donors (Lipinski definition) is 1. The third-order valence-electron chi connectivity index (χ3n) is 1.60. The van der Waals surface area contributed by atoms with Gasteiger partial charge in [-0.15, -0.1) is 11.3 Å². The van der Waals surface area contributed by atoms with Gasteiger partial charge in [0.05, 0.1) is 0 Å². The maximum absolute atomic E-state index is 5.51. The van der Waals surface area contributed by atoms with Crippen molar-refractivity contribution >= 4 is 16.5 Å². The van der Waals surface area contributed by atoms with Crippen LogP contribution in [0.15, 0.2) is 6.20 Å². The van der Waals surface area contributed by atoms with Gasteiger partial charge in [-0.1, -0.05) is 0 Å². The molecule has 68 valence electrons. The van der Waals surface area contributed by atoms with Crippen molar-refractivity contribution in [1.82, 2.24) is 9.88 Å². The molecule has 12 heavy (non-hydrogen) atoms. The zero-order valence-corrected chi connectivity index (χ0v) is 8.40. The quantitative estimate of drug-likeness (QED) is 0.767. The molecule has 0 aliphatic rings. The topological polar surface area (TPSA) is 42.2 Å². The van der Waals surface area contributed by atoms with Crippen molar-refractivity contribution in [3.63, 3.8) is 0 Å². The van der Waals surface area contributed by atoms with Crippen LogP contribution in [0.4, 0.5) is 5.13 Å². The second-order valence-electron chi connectivity index (χ2n) is 3.07. The third-order valence-corrected chi connectivity index (χ3v) is 2.49. The van der Waals surface area contributed by atoms with Gasteiger partial charge in [0, 0.05) is 11.1 Å². The Hall–Kier alpha value is -0.610. The number of nitrogens with zero attached hydrogens (tertiary/aromatic N) is 2. The van der Waals surface area contributed by atoms with E-state index in [2.05, 4.69) is 24.0 Å². The Morgan fingerprint density at radius 3 is 2.83 bits per heavy atom. The first-order chi connectivity index (χ1) is 5.68. The highest BCUT2D eigenvalue weighted by Gasteiger charge is 1.98. The van der Waals surface area contributed by atoms with Crippen LogP contribution >= 0.6 is 11.3 Å². The fourth-order valence-electron chi connectivity index (χ4n) is 1.01. The van der Waals surface area contributed by atoms with Crippen LogP contribution in [0.1, 0.15) is 11.3 Å². The van der Waals surface area contributed by atoms with E-state index in [4.69, 9.17) is 5.73 Å². The molecule has 0 bridgehead atoms. The van der Waals surface area contributed by atoms with Crippen LogP contribution in [0.3, 0.4) is 0 Å². The summed E-state index contributed by atoms with van der Waals surface area (Å²) in [5, 5.41) is 0.676. The van der Waals surface area contributed by atoms with E-state index in [-0.39, 0.29) is 0 Å². The molecule has 0 fully saturated rings. The van der Waals surface area contributed by atoms with E-state index >= 15 is 0 Å². The Kier molecular flexibility index (Phi) is 3.49. The average molecular weight is 185 g/mol. The fraction of sp³-hybridized carbons (Fsp3) is 0.625. The molecule has 0 aromatic carbocycles. The summed E-state index contributed by atoms with van der Waals surface area (Å²) >= 11 is 1.59. The van der Waals surface area contributed by atoms with E-state index in [1.54, 1.807) is 11.3 Å². The summed E-state index contributed by atoms with van der Waals surface area (Å²) < 4.78 is 0. The van der Waals surface area contributed by atoms with E-state index in [0.717, 1.165) is 13.0 Å². The lowest BCUT2D eigenvalue weighted by atomic mass is 10.3. The van der Waals surface area contributed by atoms with Crippen LogP contribution in [-0.2, 0) is 6.42 Å². The van der Waals surface area contributed by atoms with Crippen molar-refractivity contribution < 1.29 is 0 Å². The number of anilines is 1. The molecular weight excluding hydrogens is 170 g/mol. The number of aromatic nitrogens is 1. The van der Waals surface area contributed by atoms with Gasteiger partial charge in [0.25, 0.3) is 0 Å². The second kappa shape index (κ2) is 4.42. The zero-order valence-electron chi connectivity index (χ0n) is 7.58. The molecule has 0 radical (unpaired) electrons. The molecule has 1 heterocycles. The minimum Gasteiger partial charge on any atom is -0.375 e. The van der Waals surface area contributed by atoms with E-state index in [1.807, 2.05) is 6.20 Å². The van der Waals surface area contributed by atoms with Gasteiger partial charge in [0.15, 0.2) is 5.13 Å². The van der Waals surface area contributed by atoms with Gasteiger partial charge in [-0.2, -0.15) is 0 Å². The van der Waals surface area contributed by atoms with Gasteiger partial charge < -0.3 is 10.6 Å². The molecule has 0 aliphatic carbocycles. The molecule has 0 unspecified atom stereocenters. The Bertz CT molecular complexity index is 232. The largest absolute Gasteiger partial charge is 0.375 e. The van der Waals surface area contributed by atoms with Crippen LogP contribution in [0.25, 0.3) is 0 Å². The Labute approximate surface area is 77.2 Å². The molecule has 2 N–H and O–H groups in total. The highest BCUT2D eigenvalue weighted by Crippen LogP contribution is 2.15. The van der Waals surface area contributed by atoms with Crippen molar-refractivity contribution in [3.05, 3.63) is 11.1 Å². The fourth-order valence-corrected chi connectivity index (χ4v) is 1.73. The van der Waals surface area contributed by atoms with Crippen LogP contribution in [0.5, 0.6) is 0 Å². The number of nitrogen functional groups attached to an aromatic ring is 1. The van der Waals surface area contributed by atoms with Crippen LogP contribution in [-0.4, -0.2) is 30.5 Å². The number of thiazole rings is 1. The standard InChI is InChI=1S/C8H15N3S/c1-11(2)5-3-4-7-6-10-8(9)12-7/h6H,3-5H2,1-2H3,(H2,9,10). The summed E-state index contributed by atoms with van der Waals surface area (Å²) in [6, 6.07) is 0. The molecule has 0 saturated carbocycles. The first-order valence-corrected chi connectivity index (χ1v) is 4.85. The maximum atomic E-state index is 5.51. The van der Waals surface area contributed by atoms with Crippen LogP contribution in [0, 0.1) is 0 Å². The Morgan fingerprint density at radius 1 is 1.58 bits per heavy atom. The van der Waals surface area contributed by atoms with Gasteiger partial charge in [0.2, 0.25) is 0 Å². The lowest BCUT2D eigenvalue weighted by Crippen LogP contribution is -2.13. The Morgan fingerprint density at radius 2 is 2.33 bits per heavy atom. The van der Waals surface area contributed by atoms with E-state index in [0.29, 0.717) is 5.13 Å². The molecule has 1 aromatic heterocycles. The Balaban J connectivity index is 2.24. The van der Waals surface area contributed by atoms with Crippen molar-refractivity contribution in [2.45, 2.75) is 12.8 Å². The van der Waals surface area contributed by atoms with Gasteiger partial charge in [0.1, 0.15) is 0 Å². The van der Waals surface area contributed by atoms with Gasteiger partial charge in [-0.25, -0.2) is 4.98 Å². The molecule has 0 amide bonds. The summed E-state index contributed by atoms with van der Waals surface area (Å²) in [5.74, 6) is 0. The normalized spacial score (nSPS) is 10.9. The monoisotopic (exact) mass is 185 g/mol. The van der Waals surface area contributed by atoms with Crippen LogP contribution in [0.2, 0.25) is 0 Å². The summed E-state index contributed by atoms with van der Waals surface area (Å²) in [5.41, 5.74) is 5.51. The molecule has 0 spiro atoms. The van der Waals surface area contributed by atoms with E-state index < -0.39 is 0 Å². The molecular formula is C8H15N3S. The molecule has 3 nitrogen and oxygen atoms in total.